The molecule has 0 aliphatic rings. The van der Waals surface area contributed by atoms with Gasteiger partial charge in [-0.1, -0.05) is 79.8 Å². The summed E-state index contributed by atoms with van der Waals surface area (Å²) in [5.74, 6) is 13.7. The van der Waals surface area contributed by atoms with E-state index in [0.29, 0.717) is 0 Å². The molecule has 0 spiro atoms. The Morgan fingerprint density at radius 3 is 1.15 bits per heavy atom. The van der Waals surface area contributed by atoms with Gasteiger partial charge in [0.1, 0.15) is 0 Å². The van der Waals surface area contributed by atoms with Gasteiger partial charge >= 0.3 is 0 Å². The van der Waals surface area contributed by atoms with E-state index in [-0.39, 0.29) is 0 Å². The molecule has 0 amide bonds. The zero-order chi connectivity index (χ0) is 28.0. The maximum Gasteiger partial charge on any atom is 0.0361 e. The van der Waals surface area contributed by atoms with Gasteiger partial charge in [0, 0.05) is 70.8 Å². The number of rotatable bonds is 2. The molecule has 0 unspecified atom stereocenters. The Labute approximate surface area is 252 Å². The van der Waals surface area contributed by atoms with Gasteiger partial charge in [0.05, 0.1) is 0 Å². The summed E-state index contributed by atoms with van der Waals surface area (Å²) in [5, 5.41) is 7.04. The van der Waals surface area contributed by atoms with Gasteiger partial charge in [-0.15, -0.1) is 0 Å². The molecule has 0 N–H and O–H groups in total. The van der Waals surface area contributed by atoms with Crippen LogP contribution in [-0.2, 0) is 0 Å². The van der Waals surface area contributed by atoms with Crippen molar-refractivity contribution in [2.45, 2.75) is 0 Å². The molecule has 194 valence electrons. The second-order valence-electron chi connectivity index (χ2n) is 10.3. The lowest BCUT2D eigenvalue weighted by Crippen LogP contribution is -2.07. The van der Waals surface area contributed by atoms with Gasteiger partial charge in [-0.2, -0.15) is 0 Å². The lowest BCUT2D eigenvalue weighted by molar-refractivity contribution is 1.13. The van der Waals surface area contributed by atoms with Crippen molar-refractivity contribution in [1.82, 2.24) is 0 Å². The maximum absolute atomic E-state index is 3.84. The maximum atomic E-state index is 3.84. The smallest absolute Gasteiger partial charge is 0.0361 e. The third-order valence-corrected chi connectivity index (χ3v) is 8.56. The largest absolute Gasteiger partial charge is 0.378 e. The zero-order valence-corrected chi connectivity index (χ0v) is 25.9. The van der Waals surface area contributed by atoms with E-state index in [1.165, 1.54) is 21.5 Å². The summed E-state index contributed by atoms with van der Waals surface area (Å²) >= 11 is 7.68. The van der Waals surface area contributed by atoms with Crippen LogP contribution >= 0.6 is 31.9 Å². The van der Waals surface area contributed by atoms with Crippen LogP contribution in [0.1, 0.15) is 22.3 Å². The Morgan fingerprint density at radius 2 is 0.800 bits per heavy atom. The van der Waals surface area contributed by atoms with Crippen molar-refractivity contribution in [2.75, 3.05) is 38.0 Å². The fourth-order valence-corrected chi connectivity index (χ4v) is 6.20. The predicted molar refractivity (Wildman–Crippen MR) is 179 cm³/mol. The molecule has 0 aromatic heterocycles. The van der Waals surface area contributed by atoms with E-state index >= 15 is 0 Å². The van der Waals surface area contributed by atoms with Gasteiger partial charge in [-0.25, -0.2) is 0 Å². The van der Waals surface area contributed by atoms with Gasteiger partial charge in [0.15, 0.2) is 0 Å². The molecular weight excluding hydrogens is 620 g/mol. The van der Waals surface area contributed by atoms with Crippen molar-refractivity contribution in [3.05, 3.63) is 116 Å². The van der Waals surface area contributed by atoms with Crippen molar-refractivity contribution >= 4 is 75.6 Å². The molecule has 40 heavy (non-hydrogen) atoms. The molecule has 0 saturated heterocycles. The number of hydrogen-bond acceptors (Lipinski definition) is 2. The number of benzene rings is 6. The second-order valence-corrected chi connectivity index (χ2v) is 12.0. The van der Waals surface area contributed by atoms with Crippen LogP contribution in [0.25, 0.3) is 32.3 Å². The summed E-state index contributed by atoms with van der Waals surface area (Å²) in [6, 6.07) is 29.7. The van der Waals surface area contributed by atoms with Gasteiger partial charge in [0.2, 0.25) is 0 Å². The summed E-state index contributed by atoms with van der Waals surface area (Å²) in [4.78, 5) is 4.18. The SMILES string of the molecule is CN(C)c1ccc(C#Cc2cc(Br)c3ccc4c(Br)cc(C#Cc5ccc(N(C)C)cc5)c5ccc2c3c45)cc1. The summed E-state index contributed by atoms with van der Waals surface area (Å²) in [6.07, 6.45) is 0. The van der Waals surface area contributed by atoms with Crippen molar-refractivity contribution < 1.29 is 0 Å². The molecule has 0 saturated carbocycles. The fourth-order valence-electron chi connectivity index (χ4n) is 5.08. The molecule has 6 aromatic carbocycles. The van der Waals surface area contributed by atoms with E-state index in [4.69, 9.17) is 0 Å². The first kappa shape index (κ1) is 26.3. The third kappa shape index (κ3) is 4.79. The third-order valence-electron chi connectivity index (χ3n) is 7.25. The topological polar surface area (TPSA) is 6.48 Å². The molecule has 0 atom stereocenters. The quantitative estimate of drug-likeness (QED) is 0.137. The van der Waals surface area contributed by atoms with Crippen LogP contribution in [0.3, 0.4) is 0 Å². The van der Waals surface area contributed by atoms with Crippen LogP contribution in [0.4, 0.5) is 11.4 Å². The lowest BCUT2D eigenvalue weighted by Gasteiger charge is -2.15. The highest BCUT2D eigenvalue weighted by Crippen LogP contribution is 2.42. The average Bonchev–Trinajstić information content (AvgIpc) is 2.96. The van der Waals surface area contributed by atoms with Crippen molar-refractivity contribution in [2.24, 2.45) is 0 Å². The summed E-state index contributed by atoms with van der Waals surface area (Å²) in [6.45, 7) is 0. The van der Waals surface area contributed by atoms with Crippen LogP contribution in [0, 0.1) is 23.7 Å². The minimum atomic E-state index is 0.992. The van der Waals surface area contributed by atoms with E-state index in [9.17, 15) is 0 Å². The van der Waals surface area contributed by atoms with Crippen LogP contribution in [-0.4, -0.2) is 28.2 Å². The molecule has 0 heterocycles. The van der Waals surface area contributed by atoms with Gasteiger partial charge in [-0.05, 0) is 93.0 Å². The predicted octanol–water partition coefficient (Wildman–Crippen LogP) is 9.04. The molecule has 2 nitrogen and oxygen atoms in total. The summed E-state index contributed by atoms with van der Waals surface area (Å²) < 4.78 is 2.07. The fraction of sp³-hybridized carbons (Fsp3) is 0.111. The molecule has 0 bridgehead atoms. The monoisotopic (exact) mass is 644 g/mol. The molecule has 6 rings (SSSR count). The Hall–Kier alpha value is -3.96. The molecule has 0 radical (unpaired) electrons. The highest BCUT2D eigenvalue weighted by molar-refractivity contribution is 9.11. The Bertz CT molecular complexity index is 1870. The second kappa shape index (κ2) is 10.5. The standard InChI is InChI=1S/C36H26Br2N2/c1-39(2)27-13-7-23(8-14-27)5-11-25-21-33(37)31-19-20-32-34(38)22-26(30-18-17-29(25)35(31)36(30)32)12-6-24-9-15-28(16-10-24)40(3)4/h7-10,13-22H,1-4H3. The van der Waals surface area contributed by atoms with E-state index < -0.39 is 0 Å². The zero-order valence-electron chi connectivity index (χ0n) is 22.7. The molecule has 6 aromatic rings. The number of anilines is 2. The Balaban J connectivity index is 1.51. The first-order valence-corrected chi connectivity index (χ1v) is 14.6. The molecule has 4 heteroatoms. The lowest BCUT2D eigenvalue weighted by atomic mass is 9.90. The van der Waals surface area contributed by atoms with Crippen LogP contribution in [0.5, 0.6) is 0 Å². The average molecular weight is 646 g/mol. The van der Waals surface area contributed by atoms with E-state index in [2.05, 4.69) is 150 Å². The molecule has 0 aliphatic carbocycles. The Morgan fingerprint density at radius 1 is 0.450 bits per heavy atom. The van der Waals surface area contributed by atoms with Crippen LogP contribution in [0.2, 0.25) is 0 Å². The highest BCUT2D eigenvalue weighted by Gasteiger charge is 2.16. The summed E-state index contributed by atoms with van der Waals surface area (Å²) in [5.41, 5.74) is 6.30. The minimum Gasteiger partial charge on any atom is -0.378 e. The van der Waals surface area contributed by atoms with Gasteiger partial charge in [-0.3, -0.25) is 0 Å². The van der Waals surface area contributed by atoms with Crippen molar-refractivity contribution in [1.29, 1.82) is 0 Å². The number of nitrogens with zero attached hydrogens (tertiary/aromatic N) is 2. The van der Waals surface area contributed by atoms with E-state index in [1.54, 1.807) is 0 Å². The van der Waals surface area contributed by atoms with Gasteiger partial charge < -0.3 is 9.80 Å². The Kier molecular flexibility index (Phi) is 6.93. The first-order chi connectivity index (χ1) is 19.3. The molecule has 0 aliphatic heterocycles. The number of hydrogen-bond donors (Lipinski definition) is 0. The number of halogens is 2. The highest BCUT2D eigenvalue weighted by atomic mass is 79.9. The van der Waals surface area contributed by atoms with Crippen LogP contribution in [0.15, 0.2) is 93.9 Å². The van der Waals surface area contributed by atoms with E-state index in [1.807, 2.05) is 28.2 Å². The normalized spacial score (nSPS) is 10.8. The molecule has 0 fully saturated rings. The van der Waals surface area contributed by atoms with Crippen LogP contribution < -0.4 is 9.80 Å². The van der Waals surface area contributed by atoms with E-state index in [0.717, 1.165) is 53.3 Å². The molecular formula is C36H26Br2N2. The first-order valence-electron chi connectivity index (χ1n) is 13.0. The van der Waals surface area contributed by atoms with Crippen molar-refractivity contribution in [3.8, 4) is 23.7 Å². The van der Waals surface area contributed by atoms with Gasteiger partial charge in [0.25, 0.3) is 0 Å². The van der Waals surface area contributed by atoms with Crippen molar-refractivity contribution in [3.63, 3.8) is 0 Å². The summed E-state index contributed by atoms with van der Waals surface area (Å²) in [7, 11) is 8.17. The minimum absolute atomic E-state index is 0.992.